The molecule has 0 bridgehead atoms. The first-order valence-corrected chi connectivity index (χ1v) is 6.23. The summed E-state index contributed by atoms with van der Waals surface area (Å²) < 4.78 is 0. The summed E-state index contributed by atoms with van der Waals surface area (Å²) in [6.07, 6.45) is 1.13. The quantitative estimate of drug-likeness (QED) is 0.753. The molecule has 17 heavy (non-hydrogen) atoms. The van der Waals surface area contributed by atoms with Crippen LogP contribution in [0.1, 0.15) is 31.9 Å². The molecule has 2 heteroatoms. The van der Waals surface area contributed by atoms with Crippen LogP contribution in [0.3, 0.4) is 0 Å². The Bertz CT molecular complexity index is 354. The highest BCUT2D eigenvalue weighted by atomic mass is 16.1. The zero-order valence-electron chi connectivity index (χ0n) is 11.4. The van der Waals surface area contributed by atoms with Crippen LogP contribution in [0.25, 0.3) is 0 Å². The third-order valence-corrected chi connectivity index (χ3v) is 2.61. The van der Waals surface area contributed by atoms with Gasteiger partial charge in [0, 0.05) is 6.54 Å². The average Bonchev–Trinajstić information content (AvgIpc) is 2.18. The third-order valence-electron chi connectivity index (χ3n) is 2.61. The van der Waals surface area contributed by atoms with Crippen molar-refractivity contribution in [1.29, 1.82) is 0 Å². The Balaban J connectivity index is 2.53. The molecule has 0 radical (unpaired) electrons. The van der Waals surface area contributed by atoms with Gasteiger partial charge in [-0.05, 0) is 37.4 Å². The second-order valence-electron chi connectivity index (χ2n) is 5.29. The highest BCUT2D eigenvalue weighted by Crippen LogP contribution is 2.10. The van der Waals surface area contributed by atoms with E-state index in [4.69, 9.17) is 0 Å². The van der Waals surface area contributed by atoms with Crippen molar-refractivity contribution in [3.8, 4) is 0 Å². The van der Waals surface area contributed by atoms with E-state index < -0.39 is 0 Å². The van der Waals surface area contributed by atoms with Crippen molar-refractivity contribution in [2.45, 2.75) is 33.7 Å². The lowest BCUT2D eigenvalue weighted by molar-refractivity contribution is -0.117. The minimum atomic E-state index is 0.212. The number of carbonyl (C=O) groups is 1. The van der Waals surface area contributed by atoms with Gasteiger partial charge in [0.1, 0.15) is 5.78 Å². The zero-order chi connectivity index (χ0) is 12.8. The summed E-state index contributed by atoms with van der Waals surface area (Å²) in [4.78, 5) is 13.0. The predicted molar refractivity (Wildman–Crippen MR) is 72.0 cm³/mol. The number of Topliss-reactive ketones (excluding diaryl/α,β-unsaturated/α-hetero) is 1. The Labute approximate surface area is 105 Å². The van der Waals surface area contributed by atoms with Crippen LogP contribution in [0.15, 0.2) is 24.3 Å². The maximum Gasteiger partial charge on any atom is 0.143 e. The summed E-state index contributed by atoms with van der Waals surface area (Å²) in [5, 5.41) is 0. The van der Waals surface area contributed by atoms with E-state index in [0.717, 1.165) is 13.0 Å². The van der Waals surface area contributed by atoms with Crippen LogP contribution in [0.5, 0.6) is 0 Å². The largest absolute Gasteiger partial charge is 0.299 e. The fourth-order valence-corrected chi connectivity index (χ4v) is 2.00. The van der Waals surface area contributed by atoms with Gasteiger partial charge >= 0.3 is 0 Å². The van der Waals surface area contributed by atoms with Crippen LogP contribution in [0.4, 0.5) is 0 Å². The Morgan fingerprint density at radius 1 is 1.18 bits per heavy atom. The van der Waals surface area contributed by atoms with Gasteiger partial charge in [-0.3, -0.25) is 9.69 Å². The number of nitrogens with zero attached hydrogens (tertiary/aromatic N) is 1. The van der Waals surface area contributed by atoms with Crippen LogP contribution in [0, 0.1) is 5.92 Å². The summed E-state index contributed by atoms with van der Waals surface area (Å²) in [6.45, 7) is 7.45. The van der Waals surface area contributed by atoms with Gasteiger partial charge in [-0.1, -0.05) is 38.1 Å². The number of likely N-dealkylation sites (N-methyl/N-ethyl adjacent to an activating group) is 1. The molecule has 0 N–H and O–H groups in total. The van der Waals surface area contributed by atoms with Gasteiger partial charge in [0.05, 0.1) is 6.54 Å². The van der Waals surface area contributed by atoms with Crippen molar-refractivity contribution >= 4 is 5.78 Å². The van der Waals surface area contributed by atoms with E-state index in [1.54, 1.807) is 6.92 Å². The second kappa shape index (κ2) is 6.55. The van der Waals surface area contributed by atoms with Crippen LogP contribution in [-0.2, 0) is 17.8 Å². The molecule has 0 fully saturated rings. The summed E-state index contributed by atoms with van der Waals surface area (Å²) in [5.41, 5.74) is 2.65. The van der Waals surface area contributed by atoms with Crippen molar-refractivity contribution in [3.63, 3.8) is 0 Å². The predicted octanol–water partition coefficient (Wildman–Crippen LogP) is 2.91. The van der Waals surface area contributed by atoms with Gasteiger partial charge in [-0.15, -0.1) is 0 Å². The third kappa shape index (κ3) is 5.64. The number of rotatable bonds is 6. The Morgan fingerprint density at radius 2 is 1.71 bits per heavy atom. The number of ketones is 1. The molecule has 1 aromatic carbocycles. The van der Waals surface area contributed by atoms with E-state index >= 15 is 0 Å². The molecule has 0 aliphatic heterocycles. The topological polar surface area (TPSA) is 20.3 Å². The van der Waals surface area contributed by atoms with Crippen molar-refractivity contribution < 1.29 is 4.79 Å². The summed E-state index contributed by atoms with van der Waals surface area (Å²) in [5.74, 6) is 0.908. The first kappa shape index (κ1) is 13.9. The molecule has 0 spiro atoms. The monoisotopic (exact) mass is 233 g/mol. The van der Waals surface area contributed by atoms with Gasteiger partial charge in [0.2, 0.25) is 0 Å². The van der Waals surface area contributed by atoms with E-state index in [1.165, 1.54) is 11.1 Å². The van der Waals surface area contributed by atoms with Gasteiger partial charge < -0.3 is 0 Å². The molecule has 0 heterocycles. The first-order chi connectivity index (χ1) is 7.97. The van der Waals surface area contributed by atoms with Crippen molar-refractivity contribution in [2.24, 2.45) is 5.92 Å². The molecule has 0 saturated carbocycles. The van der Waals surface area contributed by atoms with Crippen molar-refractivity contribution in [1.82, 2.24) is 4.90 Å². The van der Waals surface area contributed by atoms with Gasteiger partial charge in [-0.2, -0.15) is 0 Å². The minimum absolute atomic E-state index is 0.212. The van der Waals surface area contributed by atoms with E-state index in [2.05, 4.69) is 38.1 Å². The molecule has 94 valence electrons. The molecule has 0 amide bonds. The molecular formula is C15H23NO. The first-order valence-electron chi connectivity index (χ1n) is 6.23. The lowest BCUT2D eigenvalue weighted by Crippen LogP contribution is -2.23. The number of hydrogen-bond acceptors (Lipinski definition) is 2. The Hall–Kier alpha value is -1.15. The molecular weight excluding hydrogens is 210 g/mol. The van der Waals surface area contributed by atoms with Gasteiger partial charge in [-0.25, -0.2) is 0 Å². The molecule has 0 atom stereocenters. The Kier molecular flexibility index (Phi) is 5.36. The molecule has 0 aromatic heterocycles. The van der Waals surface area contributed by atoms with E-state index in [-0.39, 0.29) is 5.78 Å². The molecule has 2 nitrogen and oxygen atoms in total. The van der Waals surface area contributed by atoms with E-state index in [1.807, 2.05) is 11.9 Å². The lowest BCUT2D eigenvalue weighted by Gasteiger charge is -2.15. The Morgan fingerprint density at radius 3 is 2.18 bits per heavy atom. The molecule has 0 saturated heterocycles. The van der Waals surface area contributed by atoms with Crippen LogP contribution >= 0.6 is 0 Å². The maximum atomic E-state index is 11.0. The van der Waals surface area contributed by atoms with Crippen molar-refractivity contribution in [3.05, 3.63) is 35.4 Å². The number of hydrogen-bond donors (Lipinski definition) is 0. The van der Waals surface area contributed by atoms with Crippen LogP contribution in [-0.4, -0.2) is 24.3 Å². The smallest absolute Gasteiger partial charge is 0.143 e. The molecule has 0 aliphatic rings. The van der Waals surface area contributed by atoms with Gasteiger partial charge in [0.15, 0.2) is 0 Å². The molecule has 1 rings (SSSR count). The number of carbonyl (C=O) groups excluding carboxylic acids is 1. The zero-order valence-corrected chi connectivity index (χ0v) is 11.4. The summed E-state index contributed by atoms with van der Waals surface area (Å²) >= 11 is 0. The maximum absolute atomic E-state index is 11.0. The second-order valence-corrected chi connectivity index (χ2v) is 5.29. The summed E-state index contributed by atoms with van der Waals surface area (Å²) in [7, 11) is 1.98. The molecule has 1 aromatic rings. The molecule has 0 unspecified atom stereocenters. The average molecular weight is 233 g/mol. The SMILES string of the molecule is CC(=O)CN(C)Cc1ccc(CC(C)C)cc1. The fourth-order valence-electron chi connectivity index (χ4n) is 2.00. The van der Waals surface area contributed by atoms with Crippen LogP contribution in [0.2, 0.25) is 0 Å². The highest BCUT2D eigenvalue weighted by Gasteiger charge is 2.03. The normalized spacial score (nSPS) is 11.2. The van der Waals surface area contributed by atoms with E-state index in [9.17, 15) is 4.79 Å². The van der Waals surface area contributed by atoms with Gasteiger partial charge in [0.25, 0.3) is 0 Å². The summed E-state index contributed by atoms with van der Waals surface area (Å²) in [6, 6.07) is 8.70. The van der Waals surface area contributed by atoms with Crippen molar-refractivity contribution in [2.75, 3.05) is 13.6 Å². The number of benzene rings is 1. The van der Waals surface area contributed by atoms with Crippen LogP contribution < -0.4 is 0 Å². The standard InChI is InChI=1S/C15H23NO/c1-12(2)9-14-5-7-15(8-6-14)11-16(4)10-13(3)17/h5-8,12H,9-11H2,1-4H3. The fraction of sp³-hybridized carbons (Fsp3) is 0.533. The van der Waals surface area contributed by atoms with E-state index in [0.29, 0.717) is 12.5 Å². The highest BCUT2D eigenvalue weighted by molar-refractivity contribution is 5.77. The molecule has 0 aliphatic carbocycles. The lowest BCUT2D eigenvalue weighted by atomic mass is 10.0. The minimum Gasteiger partial charge on any atom is -0.299 e.